The molecular formula is C16H20NO2P. The van der Waals surface area contributed by atoms with Crippen LogP contribution in [0.1, 0.15) is 43.1 Å². The molecule has 2 rings (SSSR count). The molecule has 0 fully saturated rings. The highest BCUT2D eigenvalue weighted by atomic mass is 31.0. The lowest BCUT2D eigenvalue weighted by molar-refractivity contribution is -0.151. The van der Waals surface area contributed by atoms with E-state index < -0.39 is 5.41 Å². The molecule has 0 amide bonds. The van der Waals surface area contributed by atoms with Crippen LogP contribution in [0, 0.1) is 16.7 Å². The van der Waals surface area contributed by atoms with Gasteiger partial charge in [0.05, 0.1) is 12.7 Å². The van der Waals surface area contributed by atoms with Crippen molar-refractivity contribution in [3.8, 4) is 6.07 Å². The zero-order valence-corrected chi connectivity index (χ0v) is 13.0. The molecule has 0 spiro atoms. The van der Waals surface area contributed by atoms with Gasteiger partial charge in [-0.05, 0) is 42.0 Å². The normalized spacial score (nSPS) is 20.6. The van der Waals surface area contributed by atoms with Crippen LogP contribution in [-0.2, 0) is 28.8 Å². The van der Waals surface area contributed by atoms with Crippen molar-refractivity contribution in [1.29, 1.82) is 5.26 Å². The fraction of sp³-hybridized carbons (Fsp3) is 0.562. The minimum Gasteiger partial charge on any atom is -0.465 e. The van der Waals surface area contributed by atoms with Crippen molar-refractivity contribution in [2.24, 2.45) is 5.41 Å². The van der Waals surface area contributed by atoms with E-state index in [1.807, 2.05) is 0 Å². The van der Waals surface area contributed by atoms with Gasteiger partial charge in [0.25, 0.3) is 0 Å². The summed E-state index contributed by atoms with van der Waals surface area (Å²) in [5.74, 6) is 1.80. The Morgan fingerprint density at radius 3 is 2.85 bits per heavy atom. The van der Waals surface area contributed by atoms with Gasteiger partial charge < -0.3 is 4.74 Å². The third kappa shape index (κ3) is 2.86. The number of esters is 1. The van der Waals surface area contributed by atoms with Gasteiger partial charge in [0.2, 0.25) is 0 Å². The fourth-order valence-corrected chi connectivity index (χ4v) is 3.74. The van der Waals surface area contributed by atoms with Gasteiger partial charge in [0.15, 0.2) is 5.41 Å². The summed E-state index contributed by atoms with van der Waals surface area (Å²) in [4.78, 5) is 12.1. The van der Waals surface area contributed by atoms with Gasteiger partial charge in [-0.3, -0.25) is 4.79 Å². The Morgan fingerprint density at radius 1 is 1.45 bits per heavy atom. The molecule has 0 aromatic carbocycles. The predicted octanol–water partition coefficient (Wildman–Crippen LogP) is 3.78. The van der Waals surface area contributed by atoms with Crippen molar-refractivity contribution in [3.63, 3.8) is 0 Å². The number of rotatable bonds is 5. The van der Waals surface area contributed by atoms with Crippen molar-refractivity contribution >= 4 is 14.2 Å². The number of aryl methyl sites for hydroxylation is 1. The van der Waals surface area contributed by atoms with E-state index in [-0.39, 0.29) is 5.97 Å². The first-order chi connectivity index (χ1) is 9.65. The zero-order valence-electron chi connectivity index (χ0n) is 12.1. The van der Waals surface area contributed by atoms with Crippen LogP contribution in [0.15, 0.2) is 11.9 Å². The van der Waals surface area contributed by atoms with Crippen LogP contribution in [0.4, 0.5) is 0 Å². The summed E-state index contributed by atoms with van der Waals surface area (Å²) in [6, 6.07) is 4.41. The van der Waals surface area contributed by atoms with Gasteiger partial charge in [-0.25, -0.2) is 0 Å². The fourth-order valence-electron chi connectivity index (χ4n) is 2.64. The van der Waals surface area contributed by atoms with Crippen molar-refractivity contribution in [1.82, 2.24) is 0 Å². The Balaban J connectivity index is 2.21. The molecule has 0 radical (unpaired) electrons. The maximum Gasteiger partial charge on any atom is 0.327 e. The smallest absolute Gasteiger partial charge is 0.327 e. The van der Waals surface area contributed by atoms with E-state index in [0.29, 0.717) is 19.4 Å². The maximum absolute atomic E-state index is 12.1. The Bertz CT molecular complexity index is 550. The lowest BCUT2D eigenvalue weighted by atomic mass is 9.86. The molecule has 4 heteroatoms. The van der Waals surface area contributed by atoms with E-state index >= 15 is 0 Å². The Labute approximate surface area is 122 Å². The minimum absolute atomic E-state index is 0.326. The molecule has 0 saturated heterocycles. The molecule has 1 aromatic heterocycles. The van der Waals surface area contributed by atoms with Gasteiger partial charge in [-0.2, -0.15) is 5.26 Å². The standard InChI is InChI=1S/C16H20NO2P/c1-3-5-6-14-7-12-8-16(11-17,15(18)19-4-2)9-13(12)10-20-14/h7,10H,3-6,8-9H2,1-2H3. The lowest BCUT2D eigenvalue weighted by Gasteiger charge is -2.17. The number of nitriles is 1. The third-order valence-electron chi connectivity index (χ3n) is 3.79. The van der Waals surface area contributed by atoms with Crippen LogP contribution in [0.2, 0.25) is 0 Å². The molecular weight excluding hydrogens is 269 g/mol. The van der Waals surface area contributed by atoms with E-state index in [4.69, 9.17) is 4.74 Å². The van der Waals surface area contributed by atoms with Gasteiger partial charge in [0.1, 0.15) is 0 Å². The molecule has 1 aliphatic carbocycles. The maximum atomic E-state index is 12.1. The quantitative estimate of drug-likeness (QED) is 0.775. The summed E-state index contributed by atoms with van der Waals surface area (Å²) in [6.07, 6.45) is 4.48. The molecule has 1 aromatic rings. The molecule has 0 saturated carbocycles. The Morgan fingerprint density at radius 2 is 2.20 bits per heavy atom. The highest BCUT2D eigenvalue weighted by Gasteiger charge is 2.45. The molecule has 20 heavy (non-hydrogen) atoms. The van der Waals surface area contributed by atoms with E-state index in [1.54, 1.807) is 6.92 Å². The van der Waals surface area contributed by atoms with Crippen LogP contribution in [0.25, 0.3) is 0 Å². The van der Waals surface area contributed by atoms with E-state index in [1.165, 1.54) is 26.3 Å². The number of unbranched alkanes of at least 4 members (excludes halogenated alkanes) is 1. The summed E-state index contributed by atoms with van der Waals surface area (Å²) in [5, 5.41) is 10.8. The van der Waals surface area contributed by atoms with E-state index in [0.717, 1.165) is 17.5 Å². The number of fused-ring (bicyclic) bond motifs is 1. The second-order valence-corrected chi connectivity index (χ2v) is 6.41. The molecule has 3 nitrogen and oxygen atoms in total. The number of carbonyl (C=O) groups is 1. The number of nitrogens with zero attached hydrogens (tertiary/aromatic N) is 1. The molecule has 0 aliphatic heterocycles. The highest BCUT2D eigenvalue weighted by molar-refractivity contribution is 7.30. The van der Waals surface area contributed by atoms with Crippen molar-refractivity contribution < 1.29 is 9.53 Å². The van der Waals surface area contributed by atoms with Crippen LogP contribution in [0.3, 0.4) is 0 Å². The molecule has 0 bridgehead atoms. The average molecular weight is 289 g/mol. The van der Waals surface area contributed by atoms with E-state index in [9.17, 15) is 10.1 Å². The minimum atomic E-state index is -0.997. The number of ether oxygens (including phenoxy) is 1. The van der Waals surface area contributed by atoms with Crippen molar-refractivity contribution in [2.45, 2.75) is 46.0 Å². The van der Waals surface area contributed by atoms with E-state index in [2.05, 4.69) is 24.9 Å². The first-order valence-electron chi connectivity index (χ1n) is 7.20. The summed E-state index contributed by atoms with van der Waals surface area (Å²) >= 11 is 0. The average Bonchev–Trinajstić information content (AvgIpc) is 2.84. The highest BCUT2D eigenvalue weighted by Crippen LogP contribution is 2.40. The molecule has 106 valence electrons. The van der Waals surface area contributed by atoms with Crippen LogP contribution in [0.5, 0.6) is 0 Å². The van der Waals surface area contributed by atoms with Crippen LogP contribution >= 0.6 is 8.19 Å². The monoisotopic (exact) mass is 289 g/mol. The Hall–Kier alpha value is -1.39. The van der Waals surface area contributed by atoms with Crippen LogP contribution < -0.4 is 0 Å². The second-order valence-electron chi connectivity index (χ2n) is 5.32. The summed E-state index contributed by atoms with van der Waals surface area (Å²) in [6.45, 7) is 4.29. The molecule has 1 aliphatic rings. The van der Waals surface area contributed by atoms with Gasteiger partial charge >= 0.3 is 5.97 Å². The molecule has 1 heterocycles. The first kappa shape index (κ1) is 15.0. The molecule has 0 N–H and O–H groups in total. The number of hydrogen-bond acceptors (Lipinski definition) is 3. The topological polar surface area (TPSA) is 50.1 Å². The Kier molecular flexibility index (Phi) is 4.78. The number of hydrogen-bond donors (Lipinski definition) is 0. The van der Waals surface area contributed by atoms with Crippen molar-refractivity contribution in [3.05, 3.63) is 28.3 Å². The summed E-state index contributed by atoms with van der Waals surface area (Å²) in [5.41, 5.74) is 1.31. The van der Waals surface area contributed by atoms with Gasteiger partial charge in [-0.1, -0.05) is 27.6 Å². The van der Waals surface area contributed by atoms with Gasteiger partial charge in [-0.15, -0.1) is 0 Å². The predicted molar refractivity (Wildman–Crippen MR) is 79.7 cm³/mol. The second kappa shape index (κ2) is 6.37. The summed E-state index contributed by atoms with van der Waals surface area (Å²) in [7, 11) is 1.22. The van der Waals surface area contributed by atoms with Gasteiger partial charge in [0, 0.05) is 12.8 Å². The lowest BCUT2D eigenvalue weighted by Crippen LogP contribution is -2.32. The zero-order chi connectivity index (χ0) is 14.6. The largest absolute Gasteiger partial charge is 0.465 e. The third-order valence-corrected chi connectivity index (χ3v) is 4.92. The SMILES string of the molecule is CCCCc1cc2c(cp1)CC(C#N)(C(=O)OCC)C2. The summed E-state index contributed by atoms with van der Waals surface area (Å²) < 4.78 is 5.09. The molecule has 1 unspecified atom stereocenters. The number of carbonyl (C=O) groups excluding carboxylic acids is 1. The van der Waals surface area contributed by atoms with Crippen molar-refractivity contribution in [2.75, 3.05) is 6.61 Å². The first-order valence-corrected chi connectivity index (χ1v) is 8.16. The molecule has 1 atom stereocenters. The van der Waals surface area contributed by atoms with Crippen LogP contribution in [-0.4, -0.2) is 12.6 Å².